The van der Waals surface area contributed by atoms with Crippen LogP contribution in [0.5, 0.6) is 0 Å². The number of aldehydes is 1. The average Bonchev–Trinajstić information content (AvgIpc) is 2.82. The van der Waals surface area contributed by atoms with E-state index in [4.69, 9.17) is 4.42 Å². The van der Waals surface area contributed by atoms with Gasteiger partial charge in [0.1, 0.15) is 5.52 Å². The lowest BCUT2D eigenvalue weighted by molar-refractivity contribution is 0.112. The Morgan fingerprint density at radius 2 is 1.76 bits per heavy atom. The SMILES string of the molecule is O=Cc1ccccc1-c1nc2ccccc2o1. The predicted octanol–water partition coefficient (Wildman–Crippen LogP) is 3.31. The van der Waals surface area contributed by atoms with E-state index in [1.807, 2.05) is 42.5 Å². The molecule has 0 unspecified atom stereocenters. The summed E-state index contributed by atoms with van der Waals surface area (Å²) in [5, 5.41) is 0. The van der Waals surface area contributed by atoms with Crippen molar-refractivity contribution >= 4 is 17.4 Å². The summed E-state index contributed by atoms with van der Waals surface area (Å²) in [5.41, 5.74) is 2.82. The number of carbonyl (C=O) groups is 1. The highest BCUT2D eigenvalue weighted by Crippen LogP contribution is 2.25. The van der Waals surface area contributed by atoms with E-state index in [0.29, 0.717) is 11.5 Å². The molecule has 0 radical (unpaired) electrons. The number of hydrogen-bond acceptors (Lipinski definition) is 3. The first-order valence-electron chi connectivity index (χ1n) is 5.28. The van der Waals surface area contributed by atoms with Gasteiger partial charge in [0.2, 0.25) is 5.89 Å². The molecule has 3 nitrogen and oxygen atoms in total. The van der Waals surface area contributed by atoms with Crippen LogP contribution in [0, 0.1) is 0 Å². The van der Waals surface area contributed by atoms with Gasteiger partial charge in [0.05, 0.1) is 0 Å². The van der Waals surface area contributed by atoms with Gasteiger partial charge in [-0.3, -0.25) is 4.79 Å². The van der Waals surface area contributed by atoms with E-state index in [1.165, 1.54) is 0 Å². The second-order valence-corrected chi connectivity index (χ2v) is 3.69. The molecule has 0 aliphatic rings. The summed E-state index contributed by atoms with van der Waals surface area (Å²) in [4.78, 5) is 15.3. The molecule has 0 bridgehead atoms. The largest absolute Gasteiger partial charge is 0.436 e. The number of hydrogen-bond donors (Lipinski definition) is 0. The lowest BCUT2D eigenvalue weighted by Crippen LogP contribution is -1.86. The molecule has 0 amide bonds. The molecule has 3 rings (SSSR count). The van der Waals surface area contributed by atoms with E-state index < -0.39 is 0 Å². The van der Waals surface area contributed by atoms with E-state index in [0.717, 1.165) is 22.9 Å². The average molecular weight is 223 g/mol. The molecular formula is C14H9NO2. The molecule has 0 saturated carbocycles. The van der Waals surface area contributed by atoms with E-state index in [-0.39, 0.29) is 0 Å². The first-order valence-corrected chi connectivity index (χ1v) is 5.28. The van der Waals surface area contributed by atoms with Gasteiger partial charge in [-0.1, -0.05) is 30.3 Å². The van der Waals surface area contributed by atoms with Gasteiger partial charge in [0.25, 0.3) is 0 Å². The van der Waals surface area contributed by atoms with Crippen LogP contribution in [0.4, 0.5) is 0 Å². The van der Waals surface area contributed by atoms with E-state index >= 15 is 0 Å². The quantitative estimate of drug-likeness (QED) is 0.626. The maximum atomic E-state index is 10.9. The Morgan fingerprint density at radius 1 is 1.00 bits per heavy atom. The highest BCUT2D eigenvalue weighted by atomic mass is 16.3. The molecule has 0 N–H and O–H groups in total. The van der Waals surface area contributed by atoms with Gasteiger partial charge in [-0.25, -0.2) is 4.98 Å². The number of rotatable bonds is 2. The van der Waals surface area contributed by atoms with Crippen molar-refractivity contribution in [2.45, 2.75) is 0 Å². The van der Waals surface area contributed by atoms with Crippen LogP contribution in [-0.2, 0) is 0 Å². The number of fused-ring (bicyclic) bond motifs is 1. The zero-order chi connectivity index (χ0) is 11.7. The normalized spacial score (nSPS) is 10.6. The third-order valence-electron chi connectivity index (χ3n) is 2.61. The van der Waals surface area contributed by atoms with Crippen LogP contribution in [-0.4, -0.2) is 11.3 Å². The van der Waals surface area contributed by atoms with Crippen LogP contribution in [0.25, 0.3) is 22.6 Å². The molecule has 17 heavy (non-hydrogen) atoms. The Morgan fingerprint density at radius 3 is 2.59 bits per heavy atom. The summed E-state index contributed by atoms with van der Waals surface area (Å²) in [6, 6.07) is 14.8. The number of benzene rings is 2. The van der Waals surface area contributed by atoms with Gasteiger partial charge in [-0.05, 0) is 18.2 Å². The van der Waals surface area contributed by atoms with Crippen molar-refractivity contribution in [1.82, 2.24) is 4.98 Å². The van der Waals surface area contributed by atoms with Crippen LogP contribution < -0.4 is 0 Å². The second-order valence-electron chi connectivity index (χ2n) is 3.69. The number of aromatic nitrogens is 1. The van der Waals surface area contributed by atoms with Gasteiger partial charge < -0.3 is 4.42 Å². The molecule has 2 aromatic carbocycles. The molecule has 0 fully saturated rings. The van der Waals surface area contributed by atoms with Gasteiger partial charge in [0.15, 0.2) is 11.9 Å². The predicted molar refractivity (Wildman–Crippen MR) is 64.8 cm³/mol. The molecule has 0 spiro atoms. The minimum absolute atomic E-state index is 0.480. The van der Waals surface area contributed by atoms with E-state index in [1.54, 1.807) is 6.07 Å². The van der Waals surface area contributed by atoms with Gasteiger partial charge >= 0.3 is 0 Å². The van der Waals surface area contributed by atoms with Crippen LogP contribution in [0.2, 0.25) is 0 Å². The zero-order valence-corrected chi connectivity index (χ0v) is 8.96. The number of nitrogens with zero attached hydrogens (tertiary/aromatic N) is 1. The molecule has 0 atom stereocenters. The van der Waals surface area contributed by atoms with Crippen molar-refractivity contribution in [2.24, 2.45) is 0 Å². The third-order valence-corrected chi connectivity index (χ3v) is 2.61. The summed E-state index contributed by atoms with van der Waals surface area (Å²) in [6.07, 6.45) is 0.810. The molecule has 82 valence electrons. The highest BCUT2D eigenvalue weighted by molar-refractivity contribution is 5.87. The van der Waals surface area contributed by atoms with Crippen molar-refractivity contribution in [3.05, 3.63) is 54.1 Å². The Kier molecular flexibility index (Phi) is 2.22. The number of oxazole rings is 1. The summed E-state index contributed by atoms with van der Waals surface area (Å²) < 4.78 is 5.63. The maximum absolute atomic E-state index is 10.9. The van der Waals surface area contributed by atoms with Crippen LogP contribution >= 0.6 is 0 Å². The Labute approximate surface area is 97.7 Å². The highest BCUT2D eigenvalue weighted by Gasteiger charge is 2.10. The van der Waals surface area contributed by atoms with E-state index in [9.17, 15) is 4.79 Å². The molecule has 1 aromatic heterocycles. The molecule has 0 saturated heterocycles. The Balaban J connectivity index is 2.23. The molecule has 1 heterocycles. The van der Waals surface area contributed by atoms with Crippen molar-refractivity contribution in [2.75, 3.05) is 0 Å². The fourth-order valence-corrected chi connectivity index (χ4v) is 1.78. The van der Waals surface area contributed by atoms with Crippen LogP contribution in [0.15, 0.2) is 52.9 Å². The van der Waals surface area contributed by atoms with E-state index in [2.05, 4.69) is 4.98 Å². The fraction of sp³-hybridized carbons (Fsp3) is 0. The first-order chi connectivity index (χ1) is 8.38. The lowest BCUT2D eigenvalue weighted by atomic mass is 10.1. The van der Waals surface area contributed by atoms with Crippen molar-refractivity contribution in [3.63, 3.8) is 0 Å². The van der Waals surface area contributed by atoms with Crippen molar-refractivity contribution in [1.29, 1.82) is 0 Å². The standard InChI is InChI=1S/C14H9NO2/c16-9-10-5-1-2-6-11(10)14-15-12-7-3-4-8-13(12)17-14/h1-9H. The number of carbonyl (C=O) groups excluding carboxylic acids is 1. The summed E-state index contributed by atoms with van der Waals surface area (Å²) in [5.74, 6) is 0.480. The summed E-state index contributed by atoms with van der Waals surface area (Å²) >= 11 is 0. The van der Waals surface area contributed by atoms with Crippen molar-refractivity contribution < 1.29 is 9.21 Å². The molecule has 0 aliphatic carbocycles. The summed E-state index contributed by atoms with van der Waals surface area (Å²) in [6.45, 7) is 0. The molecule has 0 aliphatic heterocycles. The lowest BCUT2D eigenvalue weighted by Gasteiger charge is -1.97. The van der Waals surface area contributed by atoms with Gasteiger partial charge in [0, 0.05) is 11.1 Å². The molecular weight excluding hydrogens is 214 g/mol. The topological polar surface area (TPSA) is 43.1 Å². The Hall–Kier alpha value is -2.42. The Bertz CT molecular complexity index is 652. The zero-order valence-electron chi connectivity index (χ0n) is 8.96. The van der Waals surface area contributed by atoms with Gasteiger partial charge in [-0.2, -0.15) is 0 Å². The monoisotopic (exact) mass is 223 g/mol. The molecule has 3 aromatic rings. The second kappa shape index (κ2) is 3.87. The van der Waals surface area contributed by atoms with Gasteiger partial charge in [-0.15, -0.1) is 0 Å². The first kappa shape index (κ1) is 9.78. The minimum Gasteiger partial charge on any atom is -0.436 e. The number of para-hydroxylation sites is 2. The van der Waals surface area contributed by atoms with Crippen LogP contribution in [0.1, 0.15) is 10.4 Å². The smallest absolute Gasteiger partial charge is 0.228 e. The van der Waals surface area contributed by atoms with Crippen LogP contribution in [0.3, 0.4) is 0 Å². The van der Waals surface area contributed by atoms with Crippen molar-refractivity contribution in [3.8, 4) is 11.5 Å². The fourth-order valence-electron chi connectivity index (χ4n) is 1.78. The molecule has 3 heteroatoms. The summed E-state index contributed by atoms with van der Waals surface area (Å²) in [7, 11) is 0. The minimum atomic E-state index is 0.480. The maximum Gasteiger partial charge on any atom is 0.228 e. The third kappa shape index (κ3) is 1.61.